The zero-order valence-corrected chi connectivity index (χ0v) is 19.9. The van der Waals surface area contributed by atoms with Gasteiger partial charge in [-0.1, -0.05) is 113 Å². The van der Waals surface area contributed by atoms with E-state index in [0.29, 0.717) is 11.1 Å². The summed E-state index contributed by atoms with van der Waals surface area (Å²) in [5.74, 6) is 0.477. The van der Waals surface area contributed by atoms with Gasteiger partial charge in [0.05, 0.1) is 12.2 Å². The first kappa shape index (κ1) is 24.7. The predicted octanol–water partition coefficient (Wildman–Crippen LogP) is 8.01. The summed E-state index contributed by atoms with van der Waals surface area (Å²) in [6.45, 7) is 3.01. The summed E-state index contributed by atoms with van der Waals surface area (Å²) in [4.78, 5) is 24.8. The van der Waals surface area contributed by atoms with Crippen molar-refractivity contribution in [3.05, 3.63) is 82.9 Å². The number of carbonyl (C=O) groups is 2. The first-order valence-electron chi connectivity index (χ1n) is 12.5. The summed E-state index contributed by atoms with van der Waals surface area (Å²) in [5.41, 5.74) is 2.20. The number of hydrogen-bond acceptors (Lipinski definition) is 3. The van der Waals surface area contributed by atoms with Gasteiger partial charge in [-0.25, -0.2) is 0 Å². The zero-order valence-electron chi connectivity index (χ0n) is 19.9. The van der Waals surface area contributed by atoms with Crippen molar-refractivity contribution in [3.63, 3.8) is 0 Å². The third kappa shape index (κ3) is 7.56. The number of Topliss-reactive ketones (excluding diaryl/α,β-unsaturated/α-hetero) is 2. The summed E-state index contributed by atoms with van der Waals surface area (Å²) in [6, 6.07) is 14.9. The molecule has 0 bridgehead atoms. The molecule has 0 aromatic heterocycles. The lowest BCUT2D eigenvalue weighted by atomic mass is 10.1. The van der Waals surface area contributed by atoms with Crippen LogP contribution in [0.25, 0.3) is 6.08 Å². The van der Waals surface area contributed by atoms with E-state index in [4.69, 9.17) is 4.74 Å². The van der Waals surface area contributed by atoms with E-state index in [1.807, 2.05) is 30.3 Å². The molecule has 3 rings (SSSR count). The molecule has 2 aromatic rings. The maximum absolute atomic E-state index is 12.4. The quantitative estimate of drug-likeness (QED) is 0.168. The van der Waals surface area contributed by atoms with Gasteiger partial charge in [0, 0.05) is 11.1 Å². The van der Waals surface area contributed by atoms with Gasteiger partial charge in [-0.2, -0.15) is 0 Å². The van der Waals surface area contributed by atoms with E-state index >= 15 is 0 Å². The molecule has 3 nitrogen and oxygen atoms in total. The molecule has 174 valence electrons. The first-order valence-corrected chi connectivity index (χ1v) is 12.5. The molecule has 0 heterocycles. The second-order valence-electron chi connectivity index (χ2n) is 8.74. The van der Waals surface area contributed by atoms with Crippen LogP contribution in [0.1, 0.15) is 97.4 Å². The number of unbranched alkanes of at least 4 members (excludes halogenated alkanes) is 9. The van der Waals surface area contributed by atoms with Crippen molar-refractivity contribution in [2.24, 2.45) is 0 Å². The van der Waals surface area contributed by atoms with Crippen molar-refractivity contribution in [2.45, 2.75) is 71.1 Å². The van der Waals surface area contributed by atoms with E-state index in [-0.39, 0.29) is 17.1 Å². The SMILES string of the molecule is CCCCCCCCCCCCOc1ccc(/C=C/C=C2C(=O)c3ccccc3C2=O)cc1. The number of carbonyl (C=O) groups excluding carboxylic acids is 2. The Balaban J connectivity index is 1.34. The van der Waals surface area contributed by atoms with Crippen LogP contribution in [0.2, 0.25) is 0 Å². The van der Waals surface area contributed by atoms with Crippen LogP contribution in [0.5, 0.6) is 5.75 Å². The summed E-state index contributed by atoms with van der Waals surface area (Å²) in [7, 11) is 0. The average molecular weight is 445 g/mol. The molecule has 0 saturated carbocycles. The summed E-state index contributed by atoms with van der Waals surface area (Å²) >= 11 is 0. The van der Waals surface area contributed by atoms with Crippen LogP contribution in [0, 0.1) is 0 Å². The molecule has 0 aliphatic heterocycles. The summed E-state index contributed by atoms with van der Waals surface area (Å²) in [6.07, 6.45) is 18.5. The maximum atomic E-state index is 12.4. The lowest BCUT2D eigenvalue weighted by Crippen LogP contribution is -1.99. The van der Waals surface area contributed by atoms with Gasteiger partial charge in [-0.05, 0) is 30.2 Å². The average Bonchev–Trinajstić information content (AvgIpc) is 3.08. The Hall–Kier alpha value is -2.94. The van der Waals surface area contributed by atoms with E-state index in [1.54, 1.807) is 36.4 Å². The molecular weight excluding hydrogens is 408 g/mol. The Kier molecular flexibility index (Phi) is 10.2. The molecule has 0 atom stereocenters. The highest BCUT2D eigenvalue weighted by molar-refractivity contribution is 6.39. The molecule has 0 spiro atoms. The number of allylic oxidation sites excluding steroid dienone is 3. The van der Waals surface area contributed by atoms with Crippen molar-refractivity contribution >= 4 is 17.6 Å². The van der Waals surface area contributed by atoms with Gasteiger partial charge in [0.1, 0.15) is 5.75 Å². The summed E-state index contributed by atoms with van der Waals surface area (Å²) in [5, 5.41) is 0. The highest BCUT2D eigenvalue weighted by Gasteiger charge is 2.31. The van der Waals surface area contributed by atoms with Gasteiger partial charge >= 0.3 is 0 Å². The minimum absolute atomic E-state index is 0.198. The standard InChI is InChI=1S/C30H36O3/c1-2-3-4-5-6-7-8-9-10-13-23-33-25-21-19-24(20-22-25)15-14-18-28-29(31)26-16-11-12-17-27(26)30(28)32/h11-12,14-22H,2-10,13,23H2,1H3/b15-14+. The smallest absolute Gasteiger partial charge is 0.197 e. The minimum Gasteiger partial charge on any atom is -0.494 e. The summed E-state index contributed by atoms with van der Waals surface area (Å²) < 4.78 is 5.86. The van der Waals surface area contributed by atoms with Crippen LogP contribution in [-0.2, 0) is 0 Å². The van der Waals surface area contributed by atoms with Crippen molar-refractivity contribution in [1.82, 2.24) is 0 Å². The molecule has 1 aliphatic carbocycles. The zero-order chi connectivity index (χ0) is 23.3. The number of ether oxygens (including phenoxy) is 1. The van der Waals surface area contributed by atoms with Crippen LogP contribution < -0.4 is 4.74 Å². The fraction of sp³-hybridized carbons (Fsp3) is 0.400. The Bertz CT molecular complexity index is 929. The van der Waals surface area contributed by atoms with Crippen LogP contribution in [0.4, 0.5) is 0 Å². The van der Waals surface area contributed by atoms with E-state index in [2.05, 4.69) is 6.92 Å². The molecule has 0 saturated heterocycles. The molecule has 0 N–H and O–H groups in total. The number of ketones is 2. The number of benzene rings is 2. The van der Waals surface area contributed by atoms with Gasteiger partial charge in [-0.3, -0.25) is 9.59 Å². The van der Waals surface area contributed by atoms with E-state index in [1.165, 1.54) is 57.8 Å². The maximum Gasteiger partial charge on any atom is 0.197 e. The van der Waals surface area contributed by atoms with Gasteiger partial charge in [-0.15, -0.1) is 0 Å². The van der Waals surface area contributed by atoms with Crippen LogP contribution >= 0.6 is 0 Å². The molecule has 3 heteroatoms. The van der Waals surface area contributed by atoms with Crippen molar-refractivity contribution < 1.29 is 14.3 Å². The molecule has 2 aromatic carbocycles. The fourth-order valence-corrected chi connectivity index (χ4v) is 4.13. The van der Waals surface area contributed by atoms with Gasteiger partial charge in [0.15, 0.2) is 11.6 Å². The number of hydrogen-bond donors (Lipinski definition) is 0. The van der Waals surface area contributed by atoms with Crippen molar-refractivity contribution in [1.29, 1.82) is 0 Å². The second kappa shape index (κ2) is 13.6. The largest absolute Gasteiger partial charge is 0.494 e. The third-order valence-corrected chi connectivity index (χ3v) is 6.10. The van der Waals surface area contributed by atoms with Crippen molar-refractivity contribution in [2.75, 3.05) is 6.61 Å². The molecule has 0 amide bonds. The Morgan fingerprint density at radius 3 is 1.82 bits per heavy atom. The molecule has 0 unspecified atom stereocenters. The lowest BCUT2D eigenvalue weighted by molar-refractivity contribution is 0.0989. The van der Waals surface area contributed by atoms with Crippen LogP contribution in [0.3, 0.4) is 0 Å². The Morgan fingerprint density at radius 1 is 0.697 bits per heavy atom. The normalized spacial score (nSPS) is 13.1. The lowest BCUT2D eigenvalue weighted by Gasteiger charge is -2.06. The first-order chi connectivity index (χ1) is 16.2. The Morgan fingerprint density at radius 2 is 1.24 bits per heavy atom. The van der Waals surface area contributed by atoms with Crippen LogP contribution in [0.15, 0.2) is 66.3 Å². The van der Waals surface area contributed by atoms with Gasteiger partial charge in [0.2, 0.25) is 0 Å². The van der Waals surface area contributed by atoms with Crippen LogP contribution in [-0.4, -0.2) is 18.2 Å². The Labute approximate surface area is 198 Å². The monoisotopic (exact) mass is 444 g/mol. The second-order valence-corrected chi connectivity index (χ2v) is 8.74. The van der Waals surface area contributed by atoms with E-state index in [0.717, 1.165) is 24.3 Å². The van der Waals surface area contributed by atoms with Gasteiger partial charge < -0.3 is 4.74 Å². The molecule has 33 heavy (non-hydrogen) atoms. The third-order valence-electron chi connectivity index (χ3n) is 6.10. The number of fused-ring (bicyclic) bond motifs is 1. The minimum atomic E-state index is -0.198. The molecular formula is C30H36O3. The van der Waals surface area contributed by atoms with E-state index < -0.39 is 0 Å². The number of rotatable bonds is 14. The van der Waals surface area contributed by atoms with Crippen molar-refractivity contribution in [3.8, 4) is 5.75 Å². The molecule has 0 fully saturated rings. The molecule has 0 radical (unpaired) electrons. The highest BCUT2D eigenvalue weighted by atomic mass is 16.5. The molecule has 1 aliphatic rings. The predicted molar refractivity (Wildman–Crippen MR) is 136 cm³/mol. The highest BCUT2D eigenvalue weighted by Crippen LogP contribution is 2.26. The topological polar surface area (TPSA) is 43.4 Å². The fourth-order valence-electron chi connectivity index (χ4n) is 4.13. The van der Waals surface area contributed by atoms with E-state index in [9.17, 15) is 9.59 Å². The van der Waals surface area contributed by atoms with Gasteiger partial charge in [0.25, 0.3) is 0 Å².